The summed E-state index contributed by atoms with van der Waals surface area (Å²) < 4.78 is 5.53. The molecule has 0 radical (unpaired) electrons. The van der Waals surface area contributed by atoms with Gasteiger partial charge in [0.05, 0.1) is 6.07 Å². The van der Waals surface area contributed by atoms with Gasteiger partial charge in [-0.05, 0) is 47.4 Å². The summed E-state index contributed by atoms with van der Waals surface area (Å²) in [6, 6.07) is 15.9. The van der Waals surface area contributed by atoms with Gasteiger partial charge in [-0.15, -0.1) is 0 Å². The van der Waals surface area contributed by atoms with Crippen LogP contribution in [0.1, 0.15) is 56.6 Å². The molecule has 184 valence electrons. The summed E-state index contributed by atoms with van der Waals surface area (Å²) in [6.45, 7) is 3.82. The Labute approximate surface area is 205 Å². The van der Waals surface area contributed by atoms with Crippen LogP contribution >= 0.6 is 0 Å². The number of nitriles is 1. The van der Waals surface area contributed by atoms with Crippen molar-refractivity contribution in [1.82, 2.24) is 10.6 Å². The van der Waals surface area contributed by atoms with E-state index < -0.39 is 30.1 Å². The van der Waals surface area contributed by atoms with Gasteiger partial charge < -0.3 is 20.5 Å². The average molecular weight is 478 g/mol. The average Bonchev–Trinajstić information content (AvgIpc) is 3.15. The lowest BCUT2D eigenvalue weighted by atomic mass is 9.98. The van der Waals surface area contributed by atoms with Crippen molar-refractivity contribution < 1.29 is 24.2 Å². The van der Waals surface area contributed by atoms with E-state index in [1.54, 1.807) is 0 Å². The maximum atomic E-state index is 12.8. The molecule has 0 fully saturated rings. The van der Waals surface area contributed by atoms with E-state index in [0.717, 1.165) is 22.3 Å². The fourth-order valence-electron chi connectivity index (χ4n) is 4.40. The summed E-state index contributed by atoms with van der Waals surface area (Å²) in [6.07, 6.45) is 0.277. The lowest BCUT2D eigenvalue weighted by Crippen LogP contribution is -2.52. The Hall–Kier alpha value is -3.86. The van der Waals surface area contributed by atoms with Gasteiger partial charge >= 0.3 is 12.1 Å². The lowest BCUT2D eigenvalue weighted by Gasteiger charge is -2.22. The zero-order chi connectivity index (χ0) is 25.4. The third-order valence-electron chi connectivity index (χ3n) is 6.06. The smallest absolute Gasteiger partial charge is 0.407 e. The molecule has 0 aromatic heterocycles. The van der Waals surface area contributed by atoms with Crippen LogP contribution in [0, 0.1) is 17.2 Å². The summed E-state index contributed by atoms with van der Waals surface area (Å²) in [7, 11) is 0. The van der Waals surface area contributed by atoms with Gasteiger partial charge in [0.25, 0.3) is 0 Å². The Balaban J connectivity index is 1.66. The number of nitrogens with one attached hydrogen (secondary N) is 2. The predicted octanol–water partition coefficient (Wildman–Crippen LogP) is 4.20. The molecule has 1 aliphatic carbocycles. The number of carboxylic acids is 1. The molecule has 0 saturated heterocycles. The molecular weight excluding hydrogens is 446 g/mol. The Morgan fingerprint density at radius 2 is 1.60 bits per heavy atom. The molecule has 3 rings (SSSR count). The number of alkyl carbamates (subject to hydrolysis) is 1. The highest BCUT2D eigenvalue weighted by Crippen LogP contribution is 2.44. The number of amides is 2. The molecule has 35 heavy (non-hydrogen) atoms. The molecule has 2 amide bonds. The van der Waals surface area contributed by atoms with Crippen LogP contribution in [0.4, 0.5) is 4.79 Å². The fraction of sp³-hybridized carbons (Fsp3) is 0.407. The van der Waals surface area contributed by atoms with Crippen LogP contribution in [-0.4, -0.2) is 41.8 Å². The predicted molar refractivity (Wildman–Crippen MR) is 130 cm³/mol. The van der Waals surface area contributed by atoms with Crippen LogP contribution < -0.4 is 10.6 Å². The lowest BCUT2D eigenvalue weighted by molar-refractivity contribution is -0.142. The molecule has 2 atom stereocenters. The van der Waals surface area contributed by atoms with E-state index in [0.29, 0.717) is 6.42 Å². The fourth-order valence-corrected chi connectivity index (χ4v) is 4.40. The van der Waals surface area contributed by atoms with Crippen molar-refractivity contribution in [2.45, 2.75) is 57.5 Å². The van der Waals surface area contributed by atoms with E-state index in [1.165, 1.54) is 0 Å². The van der Waals surface area contributed by atoms with Crippen molar-refractivity contribution in [2.75, 3.05) is 6.61 Å². The molecule has 8 nitrogen and oxygen atoms in total. The zero-order valence-electron chi connectivity index (χ0n) is 20.0. The quantitative estimate of drug-likeness (QED) is 0.416. The van der Waals surface area contributed by atoms with Crippen LogP contribution in [0.2, 0.25) is 0 Å². The molecule has 0 saturated carbocycles. The standard InChI is InChI=1S/C27H31N3O5/c1-17(2)15-24(26(32)33)29-25(31)23(13-7-8-14-28)30-27(34)35-16-22-20-11-5-3-9-18(20)19-10-4-6-12-21(19)22/h3-6,9-12,17,22-24H,7-8,13,15-16H2,1-2H3,(H,29,31)(H,30,34)(H,32,33)/t23?,24-/m0/s1. The number of carboxylic acid groups (broad SMARTS) is 1. The van der Waals surface area contributed by atoms with E-state index in [9.17, 15) is 19.5 Å². The Bertz CT molecular complexity index is 1060. The molecule has 1 aliphatic rings. The van der Waals surface area contributed by atoms with Gasteiger partial charge in [-0.3, -0.25) is 4.79 Å². The summed E-state index contributed by atoms with van der Waals surface area (Å²) in [5.41, 5.74) is 4.36. The van der Waals surface area contributed by atoms with Crippen LogP contribution in [0.3, 0.4) is 0 Å². The van der Waals surface area contributed by atoms with Gasteiger partial charge in [-0.25, -0.2) is 9.59 Å². The van der Waals surface area contributed by atoms with Gasteiger partial charge in [0.15, 0.2) is 0 Å². The SMILES string of the molecule is CC(C)C[C@H](NC(=O)C(CCCC#N)NC(=O)OCC1c2ccccc2-c2ccccc21)C(=O)O. The molecule has 0 bridgehead atoms. The van der Waals surface area contributed by atoms with Crippen molar-refractivity contribution in [3.8, 4) is 17.2 Å². The largest absolute Gasteiger partial charge is 0.480 e. The molecular formula is C27H31N3O5. The summed E-state index contributed by atoms with van der Waals surface area (Å²) in [4.78, 5) is 37.1. The van der Waals surface area contributed by atoms with E-state index in [2.05, 4.69) is 10.6 Å². The van der Waals surface area contributed by atoms with Crippen molar-refractivity contribution in [3.63, 3.8) is 0 Å². The third-order valence-corrected chi connectivity index (χ3v) is 6.06. The van der Waals surface area contributed by atoms with Crippen molar-refractivity contribution in [2.24, 2.45) is 5.92 Å². The number of unbranched alkanes of at least 4 members (excludes halogenated alkanes) is 1. The summed E-state index contributed by atoms with van der Waals surface area (Å²) in [5.74, 6) is -1.81. The normalized spacial score (nSPS) is 13.8. The van der Waals surface area contributed by atoms with Crippen molar-refractivity contribution in [1.29, 1.82) is 5.26 Å². The minimum atomic E-state index is -1.14. The van der Waals surface area contributed by atoms with Gasteiger partial charge in [-0.1, -0.05) is 62.4 Å². The highest BCUT2D eigenvalue weighted by atomic mass is 16.5. The van der Waals surface area contributed by atoms with Gasteiger partial charge in [0, 0.05) is 12.3 Å². The molecule has 8 heteroatoms. The molecule has 3 N–H and O–H groups in total. The van der Waals surface area contributed by atoms with Gasteiger partial charge in [0.1, 0.15) is 18.7 Å². The van der Waals surface area contributed by atoms with E-state index in [-0.39, 0.29) is 37.7 Å². The first-order chi connectivity index (χ1) is 16.8. The van der Waals surface area contributed by atoms with Crippen LogP contribution in [-0.2, 0) is 14.3 Å². The molecule has 1 unspecified atom stereocenters. The number of aliphatic carboxylic acids is 1. The highest BCUT2D eigenvalue weighted by Gasteiger charge is 2.30. The molecule has 0 aliphatic heterocycles. The number of rotatable bonds is 11. The molecule has 2 aromatic rings. The number of carbonyl (C=O) groups excluding carboxylic acids is 2. The van der Waals surface area contributed by atoms with Crippen molar-refractivity contribution >= 4 is 18.0 Å². The third kappa shape index (κ3) is 6.60. The second-order valence-electron chi connectivity index (χ2n) is 9.10. The number of hydrogen-bond donors (Lipinski definition) is 3. The van der Waals surface area contributed by atoms with Gasteiger partial charge in [-0.2, -0.15) is 5.26 Å². The van der Waals surface area contributed by atoms with Crippen LogP contribution in [0.15, 0.2) is 48.5 Å². The van der Waals surface area contributed by atoms with Crippen LogP contribution in [0.5, 0.6) is 0 Å². The molecule has 0 heterocycles. The summed E-state index contributed by atoms with van der Waals surface area (Å²) >= 11 is 0. The Kier molecular flexibility index (Phi) is 8.85. The van der Waals surface area contributed by atoms with E-state index in [4.69, 9.17) is 10.00 Å². The minimum absolute atomic E-state index is 0.0588. The zero-order valence-corrected chi connectivity index (χ0v) is 20.0. The van der Waals surface area contributed by atoms with E-state index in [1.807, 2.05) is 68.4 Å². The van der Waals surface area contributed by atoms with Gasteiger partial charge in [0.2, 0.25) is 5.91 Å². The van der Waals surface area contributed by atoms with Crippen LogP contribution in [0.25, 0.3) is 11.1 Å². The second-order valence-corrected chi connectivity index (χ2v) is 9.10. The number of benzene rings is 2. The number of hydrogen-bond acceptors (Lipinski definition) is 5. The first-order valence-electron chi connectivity index (χ1n) is 11.8. The Morgan fingerprint density at radius 3 is 2.14 bits per heavy atom. The van der Waals surface area contributed by atoms with E-state index >= 15 is 0 Å². The number of carbonyl (C=O) groups is 3. The minimum Gasteiger partial charge on any atom is -0.480 e. The number of ether oxygens (including phenoxy) is 1. The van der Waals surface area contributed by atoms with Crippen molar-refractivity contribution in [3.05, 3.63) is 59.7 Å². The number of fused-ring (bicyclic) bond motifs is 3. The topological polar surface area (TPSA) is 129 Å². The molecule has 2 aromatic carbocycles. The Morgan fingerprint density at radius 1 is 1.00 bits per heavy atom. The summed E-state index contributed by atoms with van der Waals surface area (Å²) in [5, 5.41) is 23.4. The number of nitrogens with zero attached hydrogens (tertiary/aromatic N) is 1. The maximum Gasteiger partial charge on any atom is 0.407 e. The molecule has 0 spiro atoms. The monoisotopic (exact) mass is 477 g/mol. The second kappa shape index (κ2) is 12.0. The maximum absolute atomic E-state index is 12.8. The highest BCUT2D eigenvalue weighted by molar-refractivity contribution is 5.89. The first-order valence-corrected chi connectivity index (χ1v) is 11.8. The first kappa shape index (κ1) is 25.8.